The van der Waals surface area contributed by atoms with Gasteiger partial charge in [0.15, 0.2) is 0 Å². The summed E-state index contributed by atoms with van der Waals surface area (Å²) in [7, 11) is 1.39. The minimum absolute atomic E-state index is 0.231. The average Bonchev–Trinajstić information content (AvgIpc) is 2.39. The molecule has 7 heteroatoms. The molecule has 2 rings (SSSR count). The zero-order chi connectivity index (χ0) is 15.6. The van der Waals surface area contributed by atoms with Gasteiger partial charge in [-0.15, -0.1) is 0 Å². The summed E-state index contributed by atoms with van der Waals surface area (Å²) >= 11 is 0. The zero-order valence-corrected chi connectivity index (χ0v) is 10.9. The molecule has 0 heterocycles. The summed E-state index contributed by atoms with van der Waals surface area (Å²) in [5.74, 6) is -4.42. The molecule has 0 unspecified atom stereocenters. The number of nitrogen functional groups attached to an aromatic ring is 1. The molecule has 4 nitrogen and oxygen atoms in total. The molecule has 2 aromatic carbocycles. The standard InChI is InChI=1S/C14H11F3N2O2/c1-21-12-6-8(2-3-11(12)18)19-14(20)13-9(16)4-7(15)5-10(13)17/h2-6H,18H2,1H3,(H,19,20). The van der Waals surface area contributed by atoms with Gasteiger partial charge in [0.1, 0.15) is 28.8 Å². The molecule has 3 N–H and O–H groups in total. The Morgan fingerprint density at radius 1 is 1.14 bits per heavy atom. The number of hydrogen-bond acceptors (Lipinski definition) is 3. The predicted octanol–water partition coefficient (Wildman–Crippen LogP) is 2.95. The van der Waals surface area contributed by atoms with Gasteiger partial charge in [-0.1, -0.05) is 0 Å². The Hall–Kier alpha value is -2.70. The molecule has 2 aromatic rings. The Kier molecular flexibility index (Phi) is 4.02. The van der Waals surface area contributed by atoms with Crippen LogP contribution in [0.3, 0.4) is 0 Å². The van der Waals surface area contributed by atoms with Crippen LogP contribution in [-0.4, -0.2) is 13.0 Å². The molecule has 0 aliphatic heterocycles. The highest BCUT2D eigenvalue weighted by Crippen LogP contribution is 2.25. The second kappa shape index (κ2) is 5.74. The Morgan fingerprint density at radius 2 is 1.76 bits per heavy atom. The number of ether oxygens (including phenoxy) is 1. The SMILES string of the molecule is COc1cc(NC(=O)c2c(F)cc(F)cc2F)ccc1N. The lowest BCUT2D eigenvalue weighted by molar-refractivity contribution is 0.101. The molecule has 1 amide bonds. The first-order chi connectivity index (χ1) is 9.92. The van der Waals surface area contributed by atoms with Crippen LogP contribution in [0, 0.1) is 17.5 Å². The van der Waals surface area contributed by atoms with Crippen LogP contribution in [-0.2, 0) is 0 Å². The normalized spacial score (nSPS) is 10.3. The van der Waals surface area contributed by atoms with Gasteiger partial charge < -0.3 is 15.8 Å². The van der Waals surface area contributed by atoms with E-state index in [0.717, 1.165) is 0 Å². The fourth-order valence-corrected chi connectivity index (χ4v) is 1.74. The second-order valence-corrected chi connectivity index (χ2v) is 4.16. The van der Waals surface area contributed by atoms with Gasteiger partial charge in [0, 0.05) is 23.9 Å². The molecular weight excluding hydrogens is 285 g/mol. The van der Waals surface area contributed by atoms with Gasteiger partial charge in [0.05, 0.1) is 12.8 Å². The molecule has 110 valence electrons. The van der Waals surface area contributed by atoms with Gasteiger partial charge in [-0.25, -0.2) is 13.2 Å². The van der Waals surface area contributed by atoms with E-state index in [1.54, 1.807) is 0 Å². The minimum Gasteiger partial charge on any atom is -0.495 e. The van der Waals surface area contributed by atoms with Crippen LogP contribution in [0.2, 0.25) is 0 Å². The number of methoxy groups -OCH3 is 1. The molecule has 0 radical (unpaired) electrons. The lowest BCUT2D eigenvalue weighted by atomic mass is 10.1. The summed E-state index contributed by atoms with van der Waals surface area (Å²) in [6, 6.07) is 5.16. The molecule has 0 saturated heterocycles. The van der Waals surface area contributed by atoms with Crippen molar-refractivity contribution in [1.29, 1.82) is 0 Å². The highest BCUT2D eigenvalue weighted by molar-refractivity contribution is 6.04. The number of benzene rings is 2. The van der Waals surface area contributed by atoms with Crippen LogP contribution in [0.4, 0.5) is 24.5 Å². The number of nitrogens with one attached hydrogen (secondary N) is 1. The summed E-state index contributed by atoms with van der Waals surface area (Å²) in [4.78, 5) is 11.9. The third-order valence-corrected chi connectivity index (χ3v) is 2.73. The minimum atomic E-state index is -1.28. The van der Waals surface area contributed by atoms with E-state index >= 15 is 0 Å². The quantitative estimate of drug-likeness (QED) is 0.856. The molecule has 0 fully saturated rings. The molecule has 0 aromatic heterocycles. The maximum atomic E-state index is 13.5. The highest BCUT2D eigenvalue weighted by atomic mass is 19.1. The van der Waals surface area contributed by atoms with Crippen molar-refractivity contribution in [3.63, 3.8) is 0 Å². The van der Waals surface area contributed by atoms with Gasteiger partial charge >= 0.3 is 0 Å². The Labute approximate surface area is 118 Å². The molecule has 0 spiro atoms. The molecular formula is C14H11F3N2O2. The van der Waals surface area contributed by atoms with Crippen molar-refractivity contribution in [2.24, 2.45) is 0 Å². The number of hydrogen-bond donors (Lipinski definition) is 2. The Bertz CT molecular complexity index is 682. The number of rotatable bonds is 3. The van der Waals surface area contributed by atoms with Gasteiger partial charge in [-0.3, -0.25) is 4.79 Å². The zero-order valence-electron chi connectivity index (χ0n) is 10.9. The van der Waals surface area contributed by atoms with E-state index in [-0.39, 0.29) is 5.69 Å². The first-order valence-corrected chi connectivity index (χ1v) is 5.81. The van der Waals surface area contributed by atoms with Crippen molar-refractivity contribution >= 4 is 17.3 Å². The van der Waals surface area contributed by atoms with Crippen molar-refractivity contribution in [2.45, 2.75) is 0 Å². The van der Waals surface area contributed by atoms with E-state index in [9.17, 15) is 18.0 Å². The van der Waals surface area contributed by atoms with Crippen LogP contribution in [0.15, 0.2) is 30.3 Å². The summed E-state index contributed by atoms with van der Waals surface area (Å²) in [5, 5.41) is 2.28. The smallest absolute Gasteiger partial charge is 0.261 e. The first-order valence-electron chi connectivity index (χ1n) is 5.81. The number of halogens is 3. The molecule has 0 saturated carbocycles. The van der Waals surface area contributed by atoms with Gasteiger partial charge in [-0.05, 0) is 12.1 Å². The summed E-state index contributed by atoms with van der Waals surface area (Å²) in [6.07, 6.45) is 0. The average molecular weight is 296 g/mol. The van der Waals surface area contributed by atoms with Crippen molar-refractivity contribution in [3.8, 4) is 5.75 Å². The Morgan fingerprint density at radius 3 is 2.33 bits per heavy atom. The summed E-state index contributed by atoms with van der Waals surface area (Å²) in [6.45, 7) is 0. The van der Waals surface area contributed by atoms with Crippen molar-refractivity contribution in [2.75, 3.05) is 18.2 Å². The third kappa shape index (κ3) is 3.07. The van der Waals surface area contributed by atoms with Gasteiger partial charge in [0.25, 0.3) is 5.91 Å². The van der Waals surface area contributed by atoms with E-state index in [0.29, 0.717) is 23.6 Å². The molecule has 0 atom stereocenters. The van der Waals surface area contributed by atoms with E-state index in [1.807, 2.05) is 0 Å². The predicted molar refractivity (Wildman–Crippen MR) is 71.7 cm³/mol. The largest absolute Gasteiger partial charge is 0.495 e. The van der Waals surface area contributed by atoms with Crippen LogP contribution in [0.1, 0.15) is 10.4 Å². The lowest BCUT2D eigenvalue weighted by Gasteiger charge is -2.10. The van der Waals surface area contributed by atoms with E-state index in [2.05, 4.69) is 5.32 Å². The maximum Gasteiger partial charge on any atom is 0.261 e. The fourth-order valence-electron chi connectivity index (χ4n) is 1.74. The summed E-state index contributed by atoms with van der Waals surface area (Å²) in [5.41, 5.74) is 5.31. The molecule has 21 heavy (non-hydrogen) atoms. The van der Waals surface area contributed by atoms with E-state index in [1.165, 1.54) is 25.3 Å². The van der Waals surface area contributed by atoms with Gasteiger partial charge in [-0.2, -0.15) is 0 Å². The summed E-state index contributed by atoms with van der Waals surface area (Å²) < 4.78 is 44.7. The van der Waals surface area contributed by atoms with Crippen molar-refractivity contribution in [3.05, 3.63) is 53.3 Å². The van der Waals surface area contributed by atoms with Crippen molar-refractivity contribution in [1.82, 2.24) is 0 Å². The van der Waals surface area contributed by atoms with E-state index < -0.39 is 28.9 Å². The molecule has 0 bridgehead atoms. The lowest BCUT2D eigenvalue weighted by Crippen LogP contribution is -2.16. The fraction of sp³-hybridized carbons (Fsp3) is 0.0714. The number of nitrogens with two attached hydrogens (primary N) is 1. The highest BCUT2D eigenvalue weighted by Gasteiger charge is 2.19. The van der Waals surface area contributed by atoms with Crippen LogP contribution in [0.25, 0.3) is 0 Å². The first kappa shape index (κ1) is 14.7. The number of anilines is 2. The maximum absolute atomic E-state index is 13.5. The van der Waals surface area contributed by atoms with Crippen LogP contribution >= 0.6 is 0 Å². The van der Waals surface area contributed by atoms with Crippen LogP contribution < -0.4 is 15.8 Å². The number of carbonyl (C=O) groups excluding carboxylic acids is 1. The van der Waals surface area contributed by atoms with Crippen molar-refractivity contribution < 1.29 is 22.7 Å². The Balaban J connectivity index is 2.30. The molecule has 0 aliphatic carbocycles. The van der Waals surface area contributed by atoms with Gasteiger partial charge in [0.2, 0.25) is 0 Å². The van der Waals surface area contributed by atoms with E-state index in [4.69, 9.17) is 10.5 Å². The molecule has 0 aliphatic rings. The van der Waals surface area contributed by atoms with Crippen LogP contribution in [0.5, 0.6) is 5.75 Å². The topological polar surface area (TPSA) is 64.3 Å². The number of amides is 1. The number of carbonyl (C=O) groups is 1. The monoisotopic (exact) mass is 296 g/mol. The second-order valence-electron chi connectivity index (χ2n) is 4.16. The third-order valence-electron chi connectivity index (χ3n) is 2.73.